The number of aromatic nitrogens is 4. The van der Waals surface area contributed by atoms with Crippen molar-refractivity contribution in [2.45, 2.75) is 96.6 Å². The molecule has 1 aliphatic carbocycles. The number of imidazole rings is 1. The first-order chi connectivity index (χ1) is 16.5. The van der Waals surface area contributed by atoms with E-state index in [0.29, 0.717) is 24.4 Å². The highest BCUT2D eigenvalue weighted by Crippen LogP contribution is 2.37. The van der Waals surface area contributed by atoms with Gasteiger partial charge in [0.1, 0.15) is 17.3 Å². The summed E-state index contributed by atoms with van der Waals surface area (Å²) in [5.74, 6) is 0.128. The van der Waals surface area contributed by atoms with Crippen LogP contribution >= 0.6 is 0 Å². The molecule has 0 amide bonds. The third-order valence-electron chi connectivity index (χ3n) is 6.34. The van der Waals surface area contributed by atoms with Crippen LogP contribution in [0.5, 0.6) is 0 Å². The first-order valence-electron chi connectivity index (χ1n) is 12.1. The predicted molar refractivity (Wildman–Crippen MR) is 127 cm³/mol. The zero-order chi connectivity index (χ0) is 25.9. The summed E-state index contributed by atoms with van der Waals surface area (Å²) in [7, 11) is 0. The topological polar surface area (TPSA) is 180 Å². The fourth-order valence-electron chi connectivity index (χ4n) is 4.70. The van der Waals surface area contributed by atoms with Gasteiger partial charge in [0, 0.05) is 25.0 Å². The minimum atomic E-state index is -2.27. The Hall–Kier alpha value is -2.99. The number of anilines is 1. The van der Waals surface area contributed by atoms with Crippen LogP contribution in [-0.2, 0) is 22.7 Å². The molecule has 0 aromatic rings. The van der Waals surface area contributed by atoms with Crippen molar-refractivity contribution in [1.29, 1.82) is 0 Å². The van der Waals surface area contributed by atoms with Crippen molar-refractivity contribution in [3.05, 3.63) is 16.3 Å². The van der Waals surface area contributed by atoms with E-state index in [-0.39, 0.29) is 5.69 Å². The van der Waals surface area contributed by atoms with Crippen LogP contribution in [0.15, 0.2) is 4.79 Å². The number of nitrogens with one attached hydrogen (secondary N) is 1. The van der Waals surface area contributed by atoms with E-state index >= 15 is 0 Å². The van der Waals surface area contributed by atoms with Crippen molar-refractivity contribution >= 4 is 17.8 Å². The van der Waals surface area contributed by atoms with E-state index in [1.165, 1.54) is 25.7 Å². The Balaban J connectivity index is 0.000000292. The van der Waals surface area contributed by atoms with Gasteiger partial charge >= 0.3 is 17.6 Å². The molecule has 3 heterocycles. The number of nitrogens with zero attached hydrogens (tertiary/aromatic N) is 4. The molecule has 4 aliphatic rings. The summed E-state index contributed by atoms with van der Waals surface area (Å²) in [6, 6.07) is 0.306. The van der Waals surface area contributed by atoms with Crippen molar-refractivity contribution in [3.63, 3.8) is 0 Å². The Bertz CT molecular complexity index is 1050. The summed E-state index contributed by atoms with van der Waals surface area (Å²) >= 11 is 0. The first-order valence-corrected chi connectivity index (χ1v) is 12.1. The number of carboxylic acid groups (broad SMARTS) is 2. The average molecular weight is 494 g/mol. The number of aliphatic carboxylic acids is 2. The van der Waals surface area contributed by atoms with Crippen molar-refractivity contribution in [2.75, 3.05) is 5.32 Å². The Labute approximate surface area is 203 Å². The van der Waals surface area contributed by atoms with Crippen LogP contribution < -0.4 is 11.0 Å². The Morgan fingerprint density at radius 2 is 1.69 bits per heavy atom. The summed E-state index contributed by atoms with van der Waals surface area (Å²) in [4.78, 5) is 42.3. The van der Waals surface area contributed by atoms with Crippen LogP contribution in [0.3, 0.4) is 0 Å². The molecular formula is C23H35N5O7. The summed E-state index contributed by atoms with van der Waals surface area (Å²) < 4.78 is 3.72. The maximum atomic E-state index is 13.0. The molecule has 0 aromatic carbocycles. The number of aliphatic hydroxyl groups excluding tert-OH is 2. The molecule has 35 heavy (non-hydrogen) atoms. The fourth-order valence-corrected chi connectivity index (χ4v) is 4.70. The molecule has 194 valence electrons. The number of hydrogen-bond donors (Lipinski definition) is 5. The molecule has 3 aliphatic heterocycles. The average Bonchev–Trinajstić information content (AvgIpc) is 3.54. The normalized spacial score (nSPS) is 19.2. The molecule has 1 fully saturated rings. The molecule has 3 atom stereocenters. The molecular weight excluding hydrogens is 458 g/mol. The zero-order valence-corrected chi connectivity index (χ0v) is 20.3. The molecule has 0 spiro atoms. The summed E-state index contributed by atoms with van der Waals surface area (Å²) in [5.41, 5.74) is 0.946. The Morgan fingerprint density at radius 1 is 1.09 bits per heavy atom. The second-order valence-electron chi connectivity index (χ2n) is 9.67. The highest BCUT2D eigenvalue weighted by molar-refractivity contribution is 5.83. The third-order valence-corrected chi connectivity index (χ3v) is 6.34. The SMILES string of the molecule is CCCn1c2nc(C3CCCC3)nc-2c2n(c1=O)C[C@@H](CC(C)C)N2.O=C(O)[C@H](O)[C@@H](O)C(=O)O. The number of aliphatic hydroxyl groups is 2. The van der Waals surface area contributed by atoms with Crippen LogP contribution in [0.25, 0.3) is 11.5 Å². The maximum Gasteiger partial charge on any atom is 0.335 e. The minimum absolute atomic E-state index is 0.0565. The number of hydrogen-bond acceptors (Lipinski definition) is 8. The number of fused-ring (bicyclic) bond motifs is 3. The number of carbonyl (C=O) groups is 2. The fraction of sp³-hybridized carbons (Fsp3) is 0.696. The van der Waals surface area contributed by atoms with Crippen LogP contribution in [0.4, 0.5) is 5.82 Å². The van der Waals surface area contributed by atoms with Crippen LogP contribution in [0.1, 0.15) is 71.0 Å². The van der Waals surface area contributed by atoms with Gasteiger partial charge in [-0.1, -0.05) is 33.6 Å². The molecule has 12 heteroatoms. The van der Waals surface area contributed by atoms with E-state index in [2.05, 4.69) is 26.1 Å². The van der Waals surface area contributed by atoms with Gasteiger partial charge in [-0.25, -0.2) is 24.4 Å². The van der Waals surface area contributed by atoms with Gasteiger partial charge in [-0.05, 0) is 31.6 Å². The maximum absolute atomic E-state index is 13.0. The largest absolute Gasteiger partial charge is 0.479 e. The second kappa shape index (κ2) is 11.2. The highest BCUT2D eigenvalue weighted by atomic mass is 16.4. The lowest BCUT2D eigenvalue weighted by Crippen LogP contribution is -2.39. The molecule has 0 saturated heterocycles. The predicted octanol–water partition coefficient (Wildman–Crippen LogP) is 1.33. The molecule has 4 rings (SSSR count). The van der Waals surface area contributed by atoms with Crippen LogP contribution in [0.2, 0.25) is 0 Å². The van der Waals surface area contributed by atoms with Gasteiger partial charge in [0.05, 0.1) is 0 Å². The smallest absolute Gasteiger partial charge is 0.335 e. The molecule has 1 saturated carbocycles. The summed E-state index contributed by atoms with van der Waals surface area (Å²) in [6.45, 7) is 7.98. The first kappa shape index (κ1) is 26.6. The number of rotatable bonds is 8. The lowest BCUT2D eigenvalue weighted by molar-refractivity contribution is -0.165. The van der Waals surface area contributed by atoms with Crippen LogP contribution in [0, 0.1) is 5.92 Å². The Morgan fingerprint density at radius 3 is 2.20 bits per heavy atom. The van der Waals surface area contributed by atoms with E-state index in [0.717, 1.165) is 42.5 Å². The summed E-state index contributed by atoms with van der Waals surface area (Å²) in [5, 5.41) is 36.1. The highest BCUT2D eigenvalue weighted by Gasteiger charge is 2.33. The van der Waals surface area contributed by atoms with Gasteiger partial charge in [-0.3, -0.25) is 9.13 Å². The lowest BCUT2D eigenvalue weighted by Gasteiger charge is -2.13. The molecule has 0 radical (unpaired) electrons. The minimum Gasteiger partial charge on any atom is -0.479 e. The molecule has 12 nitrogen and oxygen atoms in total. The van der Waals surface area contributed by atoms with Crippen molar-refractivity contribution in [1.82, 2.24) is 19.1 Å². The molecule has 0 aromatic heterocycles. The molecule has 0 bridgehead atoms. The second-order valence-corrected chi connectivity index (χ2v) is 9.67. The van der Waals surface area contributed by atoms with Gasteiger partial charge < -0.3 is 25.7 Å². The van der Waals surface area contributed by atoms with E-state index in [4.69, 9.17) is 30.4 Å². The van der Waals surface area contributed by atoms with Gasteiger partial charge in [0.2, 0.25) is 0 Å². The standard InChI is InChI=1S/C19H29N5O.C4H6O6/c1-4-9-23-18-15(21-16(22-18)13-7-5-6-8-13)17-20-14(10-12(2)3)11-24(17)19(23)25;5-1(3(7)8)2(6)4(9)10/h12-14,20H,4-11H2,1-3H3;1-2,5-6H,(H,7,8)(H,9,10)/t14-;1-,2-/m11/s1. The van der Waals surface area contributed by atoms with E-state index in [1.807, 2.05) is 9.13 Å². The lowest BCUT2D eigenvalue weighted by atomic mass is 10.0. The quantitative estimate of drug-likeness (QED) is 0.360. The molecule has 0 unspecified atom stereocenters. The van der Waals surface area contributed by atoms with Crippen molar-refractivity contribution < 1.29 is 30.0 Å². The van der Waals surface area contributed by atoms with Gasteiger partial charge in [0.15, 0.2) is 18.0 Å². The molecule has 5 N–H and O–H groups in total. The van der Waals surface area contributed by atoms with Gasteiger partial charge in [0.25, 0.3) is 0 Å². The van der Waals surface area contributed by atoms with E-state index < -0.39 is 24.1 Å². The van der Waals surface area contributed by atoms with Crippen molar-refractivity contribution in [3.8, 4) is 11.5 Å². The van der Waals surface area contributed by atoms with E-state index in [9.17, 15) is 14.4 Å². The van der Waals surface area contributed by atoms with E-state index in [1.54, 1.807) is 0 Å². The third kappa shape index (κ3) is 5.81. The zero-order valence-electron chi connectivity index (χ0n) is 20.3. The Kier molecular flexibility index (Phi) is 8.49. The number of carboxylic acids is 2. The van der Waals surface area contributed by atoms with Crippen LogP contribution in [-0.4, -0.2) is 69.7 Å². The van der Waals surface area contributed by atoms with Crippen molar-refractivity contribution in [2.24, 2.45) is 5.92 Å². The van der Waals surface area contributed by atoms with Gasteiger partial charge in [-0.15, -0.1) is 0 Å². The summed E-state index contributed by atoms with van der Waals surface area (Å²) in [6.07, 6.45) is 2.32. The monoisotopic (exact) mass is 493 g/mol. The van der Waals surface area contributed by atoms with Gasteiger partial charge in [-0.2, -0.15) is 0 Å².